The number of hydrogen-bond donors (Lipinski definition) is 3. The molecule has 7 heteroatoms. The van der Waals surface area contributed by atoms with Crippen molar-refractivity contribution in [1.82, 2.24) is 10.6 Å². The number of amides is 2. The Labute approximate surface area is 193 Å². The van der Waals surface area contributed by atoms with E-state index in [1.807, 2.05) is 36.4 Å². The van der Waals surface area contributed by atoms with Crippen LogP contribution in [0.2, 0.25) is 0 Å². The molecule has 1 fully saturated rings. The van der Waals surface area contributed by atoms with E-state index in [4.69, 9.17) is 9.84 Å². The number of hydrogen-bond acceptors (Lipinski definition) is 4. The Bertz CT molecular complexity index is 970. The number of carboxylic acids is 1. The summed E-state index contributed by atoms with van der Waals surface area (Å²) in [4.78, 5) is 36.4. The van der Waals surface area contributed by atoms with Crippen molar-refractivity contribution in [2.24, 2.45) is 0 Å². The standard InChI is InChI=1S/C26H30N2O5/c29-24(30)15-14-23(25(31)27-17-8-2-1-3-9-17)28-26(32)33-16-22-20-12-6-4-10-18(20)19-11-5-7-13-21(19)22/h4-7,10-13,17,22-23H,1-3,8-9,14-16H2,(H,27,31)(H,28,32)(H,29,30). The summed E-state index contributed by atoms with van der Waals surface area (Å²) in [7, 11) is 0. The van der Waals surface area contributed by atoms with Crippen molar-refractivity contribution in [3.05, 3.63) is 59.7 Å². The summed E-state index contributed by atoms with van der Waals surface area (Å²) in [6.07, 6.45) is 4.17. The van der Waals surface area contributed by atoms with Gasteiger partial charge in [0.15, 0.2) is 0 Å². The number of benzene rings is 2. The monoisotopic (exact) mass is 450 g/mol. The summed E-state index contributed by atoms with van der Waals surface area (Å²) in [6, 6.07) is 15.2. The Morgan fingerprint density at radius 3 is 2.15 bits per heavy atom. The molecule has 4 rings (SSSR count). The highest BCUT2D eigenvalue weighted by atomic mass is 16.5. The molecule has 0 radical (unpaired) electrons. The van der Waals surface area contributed by atoms with Crippen LogP contribution in [0.1, 0.15) is 62.0 Å². The van der Waals surface area contributed by atoms with Crippen molar-refractivity contribution in [1.29, 1.82) is 0 Å². The first kappa shape index (κ1) is 22.8. The Hall–Kier alpha value is -3.35. The molecule has 0 aromatic heterocycles. The van der Waals surface area contributed by atoms with Crippen LogP contribution in [0.15, 0.2) is 48.5 Å². The lowest BCUT2D eigenvalue weighted by molar-refractivity contribution is -0.137. The lowest BCUT2D eigenvalue weighted by Gasteiger charge is -2.26. The molecule has 0 spiro atoms. The van der Waals surface area contributed by atoms with Crippen LogP contribution in [-0.2, 0) is 14.3 Å². The summed E-state index contributed by atoms with van der Waals surface area (Å²) >= 11 is 0. The van der Waals surface area contributed by atoms with Gasteiger partial charge < -0.3 is 20.5 Å². The number of rotatable bonds is 8. The van der Waals surface area contributed by atoms with E-state index in [2.05, 4.69) is 22.8 Å². The molecular weight excluding hydrogens is 420 g/mol. The van der Waals surface area contributed by atoms with Crippen molar-refractivity contribution in [3.63, 3.8) is 0 Å². The van der Waals surface area contributed by atoms with E-state index in [1.165, 1.54) is 0 Å². The van der Waals surface area contributed by atoms with Gasteiger partial charge in [-0.05, 0) is 41.5 Å². The number of aliphatic carboxylic acids is 1. The second-order valence-electron chi connectivity index (χ2n) is 8.80. The minimum absolute atomic E-state index is 0.0120. The predicted molar refractivity (Wildman–Crippen MR) is 124 cm³/mol. The van der Waals surface area contributed by atoms with Gasteiger partial charge in [0.2, 0.25) is 5.91 Å². The van der Waals surface area contributed by atoms with Gasteiger partial charge in [-0.3, -0.25) is 9.59 Å². The van der Waals surface area contributed by atoms with Crippen LogP contribution in [0.5, 0.6) is 0 Å². The second kappa shape index (κ2) is 10.5. The highest BCUT2D eigenvalue weighted by Crippen LogP contribution is 2.44. The van der Waals surface area contributed by atoms with E-state index in [1.54, 1.807) is 0 Å². The zero-order valence-electron chi connectivity index (χ0n) is 18.6. The maximum Gasteiger partial charge on any atom is 0.407 e. The van der Waals surface area contributed by atoms with E-state index in [-0.39, 0.29) is 37.3 Å². The Kier molecular flexibility index (Phi) is 7.27. The fourth-order valence-corrected chi connectivity index (χ4v) is 4.87. The van der Waals surface area contributed by atoms with Crippen LogP contribution in [0.25, 0.3) is 11.1 Å². The average molecular weight is 451 g/mol. The Morgan fingerprint density at radius 1 is 0.939 bits per heavy atom. The lowest BCUT2D eigenvalue weighted by atomic mass is 9.95. The number of carbonyl (C=O) groups is 3. The first-order valence-electron chi connectivity index (χ1n) is 11.7. The molecular formula is C26H30N2O5. The highest BCUT2D eigenvalue weighted by molar-refractivity contribution is 5.86. The zero-order valence-corrected chi connectivity index (χ0v) is 18.6. The third-order valence-electron chi connectivity index (χ3n) is 6.55. The molecule has 2 aromatic carbocycles. The molecule has 2 amide bonds. The molecule has 1 saturated carbocycles. The first-order chi connectivity index (χ1) is 16.0. The number of nitrogens with one attached hydrogen (secondary N) is 2. The topological polar surface area (TPSA) is 105 Å². The van der Waals surface area contributed by atoms with E-state index in [0.29, 0.717) is 0 Å². The lowest BCUT2D eigenvalue weighted by Crippen LogP contribution is -2.50. The third-order valence-corrected chi connectivity index (χ3v) is 6.55. The van der Waals surface area contributed by atoms with Crippen LogP contribution < -0.4 is 10.6 Å². The molecule has 2 aliphatic carbocycles. The number of fused-ring (bicyclic) bond motifs is 3. The molecule has 0 aliphatic heterocycles. The van der Waals surface area contributed by atoms with Gasteiger partial charge >= 0.3 is 12.1 Å². The average Bonchev–Trinajstić information content (AvgIpc) is 3.14. The molecule has 1 unspecified atom stereocenters. The Morgan fingerprint density at radius 2 is 1.55 bits per heavy atom. The smallest absolute Gasteiger partial charge is 0.407 e. The summed E-state index contributed by atoms with van der Waals surface area (Å²) in [6.45, 7) is 0.135. The van der Waals surface area contributed by atoms with E-state index in [0.717, 1.165) is 54.4 Å². The quantitative estimate of drug-likeness (QED) is 0.559. The molecule has 2 aromatic rings. The van der Waals surface area contributed by atoms with Crippen LogP contribution in [0.4, 0.5) is 4.79 Å². The molecule has 2 aliphatic rings. The fraction of sp³-hybridized carbons (Fsp3) is 0.423. The summed E-state index contributed by atoms with van der Waals surface area (Å²) in [5.41, 5.74) is 4.47. The van der Waals surface area contributed by atoms with Crippen molar-refractivity contribution in [3.8, 4) is 11.1 Å². The predicted octanol–water partition coefficient (Wildman–Crippen LogP) is 4.21. The fourth-order valence-electron chi connectivity index (χ4n) is 4.87. The third kappa shape index (κ3) is 5.53. The van der Waals surface area contributed by atoms with Crippen molar-refractivity contribution in [2.45, 2.75) is 62.9 Å². The van der Waals surface area contributed by atoms with E-state index < -0.39 is 18.1 Å². The summed E-state index contributed by atoms with van der Waals surface area (Å²) in [5.74, 6) is -1.45. The van der Waals surface area contributed by atoms with Gasteiger partial charge in [-0.15, -0.1) is 0 Å². The summed E-state index contributed by atoms with van der Waals surface area (Å²) < 4.78 is 5.54. The minimum Gasteiger partial charge on any atom is -0.481 e. The van der Waals surface area contributed by atoms with Crippen molar-refractivity contribution >= 4 is 18.0 Å². The van der Waals surface area contributed by atoms with Crippen LogP contribution >= 0.6 is 0 Å². The number of ether oxygens (including phenoxy) is 1. The van der Waals surface area contributed by atoms with Gasteiger partial charge in [-0.1, -0.05) is 67.8 Å². The van der Waals surface area contributed by atoms with Crippen LogP contribution in [0, 0.1) is 0 Å². The normalized spacial score (nSPS) is 16.4. The molecule has 1 atom stereocenters. The Balaban J connectivity index is 1.39. The van der Waals surface area contributed by atoms with Gasteiger partial charge in [0.05, 0.1) is 0 Å². The number of carbonyl (C=O) groups excluding carboxylic acids is 2. The minimum atomic E-state index is -1.01. The van der Waals surface area contributed by atoms with Crippen LogP contribution in [0.3, 0.4) is 0 Å². The maximum atomic E-state index is 12.8. The van der Waals surface area contributed by atoms with Gasteiger partial charge in [-0.25, -0.2) is 4.79 Å². The van der Waals surface area contributed by atoms with Crippen molar-refractivity contribution in [2.75, 3.05) is 6.61 Å². The van der Waals surface area contributed by atoms with Gasteiger partial charge in [0.1, 0.15) is 12.6 Å². The molecule has 0 saturated heterocycles. The molecule has 7 nitrogen and oxygen atoms in total. The number of alkyl carbamates (subject to hydrolysis) is 1. The van der Waals surface area contributed by atoms with Crippen LogP contribution in [-0.4, -0.2) is 41.8 Å². The largest absolute Gasteiger partial charge is 0.481 e. The highest BCUT2D eigenvalue weighted by Gasteiger charge is 2.30. The molecule has 0 bridgehead atoms. The molecule has 33 heavy (non-hydrogen) atoms. The second-order valence-corrected chi connectivity index (χ2v) is 8.80. The molecule has 174 valence electrons. The SMILES string of the molecule is O=C(O)CCC(NC(=O)OCC1c2ccccc2-c2ccccc21)C(=O)NC1CCCCC1. The van der Waals surface area contributed by atoms with Gasteiger partial charge in [-0.2, -0.15) is 0 Å². The van der Waals surface area contributed by atoms with Gasteiger partial charge in [0.25, 0.3) is 0 Å². The number of carboxylic acid groups (broad SMARTS) is 1. The van der Waals surface area contributed by atoms with Crippen molar-refractivity contribution < 1.29 is 24.2 Å². The summed E-state index contributed by atoms with van der Waals surface area (Å²) in [5, 5.41) is 14.6. The van der Waals surface area contributed by atoms with E-state index >= 15 is 0 Å². The molecule has 0 heterocycles. The van der Waals surface area contributed by atoms with E-state index in [9.17, 15) is 14.4 Å². The molecule has 3 N–H and O–H groups in total. The first-order valence-corrected chi connectivity index (χ1v) is 11.7. The van der Waals surface area contributed by atoms with Gasteiger partial charge in [0, 0.05) is 18.4 Å². The zero-order chi connectivity index (χ0) is 23.2. The maximum absolute atomic E-state index is 12.8.